The fourth-order valence-corrected chi connectivity index (χ4v) is 4.25. The number of carboxylic acids is 1. The van der Waals surface area contributed by atoms with Crippen LogP contribution in [0.5, 0.6) is 0 Å². The Kier molecular flexibility index (Phi) is 4.76. The lowest BCUT2D eigenvalue weighted by Gasteiger charge is -2.21. The molecular weight excluding hydrogens is 322 g/mol. The molecule has 8 heteroatoms. The molecule has 1 unspecified atom stereocenters. The van der Waals surface area contributed by atoms with Crippen molar-refractivity contribution in [2.45, 2.75) is 25.2 Å². The number of hydrogen-bond acceptors (Lipinski definition) is 5. The zero-order valence-electron chi connectivity index (χ0n) is 13.0. The first-order valence-electron chi connectivity index (χ1n) is 7.22. The number of carbonyl (C=O) groups is 2. The summed E-state index contributed by atoms with van der Waals surface area (Å²) >= 11 is 0. The van der Waals surface area contributed by atoms with Crippen molar-refractivity contribution in [1.82, 2.24) is 4.31 Å². The highest BCUT2D eigenvalue weighted by molar-refractivity contribution is 7.89. The summed E-state index contributed by atoms with van der Waals surface area (Å²) in [6.45, 7) is 3.26. The van der Waals surface area contributed by atoms with Crippen LogP contribution in [0.25, 0.3) is 0 Å². The average Bonchev–Trinajstić information content (AvgIpc) is 2.92. The number of esters is 1. The molecule has 0 amide bonds. The lowest BCUT2D eigenvalue weighted by atomic mass is 9.90. The van der Waals surface area contributed by atoms with E-state index < -0.39 is 27.4 Å². The summed E-state index contributed by atoms with van der Waals surface area (Å²) in [6, 6.07) is 5.79. The quantitative estimate of drug-likeness (QED) is 0.811. The van der Waals surface area contributed by atoms with E-state index in [2.05, 4.69) is 0 Å². The molecule has 0 aromatic heterocycles. The van der Waals surface area contributed by atoms with Gasteiger partial charge >= 0.3 is 11.9 Å². The van der Waals surface area contributed by atoms with Crippen LogP contribution in [0.4, 0.5) is 0 Å². The maximum Gasteiger partial charge on any atom is 0.339 e. The van der Waals surface area contributed by atoms with Crippen molar-refractivity contribution in [3.63, 3.8) is 0 Å². The number of ether oxygens (including phenoxy) is 1. The van der Waals surface area contributed by atoms with Crippen molar-refractivity contribution in [3.05, 3.63) is 29.8 Å². The van der Waals surface area contributed by atoms with Gasteiger partial charge < -0.3 is 9.84 Å². The molecule has 126 valence electrons. The molecule has 1 N–H and O–H groups in total. The fraction of sp³-hybridized carbons (Fsp3) is 0.467. The maximum absolute atomic E-state index is 12.8. The van der Waals surface area contributed by atoms with Gasteiger partial charge in [0.05, 0.1) is 22.5 Å². The van der Waals surface area contributed by atoms with Gasteiger partial charge in [0.25, 0.3) is 0 Å². The monoisotopic (exact) mass is 341 g/mol. The van der Waals surface area contributed by atoms with Gasteiger partial charge in [-0.1, -0.05) is 12.1 Å². The minimum absolute atomic E-state index is 0.0433. The van der Waals surface area contributed by atoms with Crippen LogP contribution in [0.2, 0.25) is 0 Å². The Morgan fingerprint density at radius 3 is 2.57 bits per heavy atom. The Bertz CT molecular complexity index is 729. The summed E-state index contributed by atoms with van der Waals surface area (Å²) in [7, 11) is -3.97. The van der Waals surface area contributed by atoms with E-state index >= 15 is 0 Å². The number of sulfonamides is 1. The predicted octanol–water partition coefficient (Wildman–Crippen LogP) is 1.35. The van der Waals surface area contributed by atoms with Gasteiger partial charge in [0.15, 0.2) is 0 Å². The maximum atomic E-state index is 12.8. The van der Waals surface area contributed by atoms with Gasteiger partial charge in [0.1, 0.15) is 0 Å². The van der Waals surface area contributed by atoms with Crippen LogP contribution in [-0.2, 0) is 19.6 Å². The Morgan fingerprint density at radius 1 is 1.35 bits per heavy atom. The van der Waals surface area contributed by atoms with Crippen LogP contribution in [-0.4, -0.2) is 49.5 Å². The molecule has 1 atom stereocenters. The van der Waals surface area contributed by atoms with E-state index in [-0.39, 0.29) is 36.6 Å². The molecule has 0 bridgehead atoms. The largest absolute Gasteiger partial charge is 0.481 e. The van der Waals surface area contributed by atoms with Gasteiger partial charge in [-0.2, -0.15) is 4.31 Å². The number of aliphatic carboxylic acids is 1. The third kappa shape index (κ3) is 3.23. The van der Waals surface area contributed by atoms with E-state index in [0.29, 0.717) is 0 Å². The molecular formula is C15H19NO6S. The molecule has 1 aromatic carbocycles. The van der Waals surface area contributed by atoms with Crippen LogP contribution in [0.15, 0.2) is 29.2 Å². The second-order valence-electron chi connectivity index (χ2n) is 5.67. The summed E-state index contributed by atoms with van der Waals surface area (Å²) in [5, 5.41) is 9.24. The average molecular weight is 341 g/mol. The van der Waals surface area contributed by atoms with Crippen molar-refractivity contribution in [3.8, 4) is 0 Å². The van der Waals surface area contributed by atoms with Gasteiger partial charge in [-0.05, 0) is 32.4 Å². The number of carbonyl (C=O) groups excluding carboxylic acids is 1. The molecule has 1 saturated heterocycles. The standard InChI is InChI=1S/C15H19NO6S/c1-3-22-13(17)11-6-4-5-7-12(11)23(20,21)16-9-8-15(2,10-16)14(18)19/h4-7H,3,8-10H2,1-2H3,(H,18,19). The third-order valence-corrected chi connectivity index (χ3v) is 5.86. The molecule has 1 heterocycles. The van der Waals surface area contributed by atoms with Gasteiger partial charge in [0, 0.05) is 13.1 Å². The normalized spacial score (nSPS) is 22.0. The minimum Gasteiger partial charge on any atom is -0.481 e. The topological polar surface area (TPSA) is 101 Å². The van der Waals surface area contributed by atoms with E-state index in [1.165, 1.54) is 25.1 Å². The Labute approximate surface area is 134 Å². The summed E-state index contributed by atoms with van der Waals surface area (Å²) < 4.78 is 31.6. The Morgan fingerprint density at radius 2 is 2.00 bits per heavy atom. The first-order valence-corrected chi connectivity index (χ1v) is 8.66. The van der Waals surface area contributed by atoms with E-state index in [1.807, 2.05) is 0 Å². The highest BCUT2D eigenvalue weighted by Gasteiger charge is 2.45. The van der Waals surface area contributed by atoms with Gasteiger partial charge in [-0.25, -0.2) is 13.2 Å². The number of rotatable bonds is 5. The van der Waals surface area contributed by atoms with Gasteiger partial charge in [-0.15, -0.1) is 0 Å². The molecule has 2 rings (SSSR count). The van der Waals surface area contributed by atoms with E-state index in [9.17, 15) is 23.1 Å². The molecule has 23 heavy (non-hydrogen) atoms. The second kappa shape index (κ2) is 6.29. The van der Waals surface area contributed by atoms with E-state index in [1.54, 1.807) is 13.0 Å². The highest BCUT2D eigenvalue weighted by Crippen LogP contribution is 2.34. The van der Waals surface area contributed by atoms with Crippen LogP contribution < -0.4 is 0 Å². The lowest BCUT2D eigenvalue weighted by molar-refractivity contribution is -0.146. The fourth-order valence-electron chi connectivity index (χ4n) is 2.51. The third-order valence-electron chi connectivity index (χ3n) is 3.95. The van der Waals surface area contributed by atoms with E-state index in [0.717, 1.165) is 4.31 Å². The zero-order chi connectivity index (χ0) is 17.3. The summed E-state index contributed by atoms with van der Waals surface area (Å²) in [5.41, 5.74) is -1.16. The Hall–Kier alpha value is -1.93. The zero-order valence-corrected chi connectivity index (χ0v) is 13.8. The van der Waals surface area contributed by atoms with Gasteiger partial charge in [0.2, 0.25) is 10.0 Å². The summed E-state index contributed by atoms with van der Waals surface area (Å²) in [5.74, 6) is -1.75. The number of nitrogens with zero attached hydrogens (tertiary/aromatic N) is 1. The van der Waals surface area contributed by atoms with Gasteiger partial charge in [-0.3, -0.25) is 4.79 Å². The van der Waals surface area contributed by atoms with Crippen molar-refractivity contribution in [2.24, 2.45) is 5.41 Å². The summed E-state index contributed by atoms with van der Waals surface area (Å²) in [6.07, 6.45) is 0.225. The molecule has 0 radical (unpaired) electrons. The van der Waals surface area contributed by atoms with Crippen LogP contribution in [0.3, 0.4) is 0 Å². The molecule has 0 aliphatic carbocycles. The molecule has 0 saturated carbocycles. The van der Waals surface area contributed by atoms with Crippen LogP contribution >= 0.6 is 0 Å². The van der Waals surface area contributed by atoms with Crippen molar-refractivity contribution >= 4 is 22.0 Å². The molecule has 1 aliphatic heterocycles. The molecule has 7 nitrogen and oxygen atoms in total. The number of benzene rings is 1. The smallest absolute Gasteiger partial charge is 0.339 e. The summed E-state index contributed by atoms with van der Waals surface area (Å²) in [4.78, 5) is 23.1. The first kappa shape index (κ1) is 17.4. The Balaban J connectivity index is 2.39. The van der Waals surface area contributed by atoms with E-state index in [4.69, 9.17) is 4.74 Å². The molecule has 1 aromatic rings. The van der Waals surface area contributed by atoms with Crippen LogP contribution in [0.1, 0.15) is 30.6 Å². The molecule has 1 aliphatic rings. The lowest BCUT2D eigenvalue weighted by Crippen LogP contribution is -2.35. The predicted molar refractivity (Wildman–Crippen MR) is 81.5 cm³/mol. The van der Waals surface area contributed by atoms with Crippen molar-refractivity contribution < 1.29 is 27.9 Å². The molecule has 0 spiro atoms. The van der Waals surface area contributed by atoms with Crippen LogP contribution in [0, 0.1) is 5.41 Å². The first-order chi connectivity index (χ1) is 10.7. The SMILES string of the molecule is CCOC(=O)c1ccccc1S(=O)(=O)N1CCC(C)(C(=O)O)C1. The second-order valence-corrected chi connectivity index (χ2v) is 7.58. The van der Waals surface area contributed by atoms with Crippen molar-refractivity contribution in [1.29, 1.82) is 0 Å². The highest BCUT2D eigenvalue weighted by atomic mass is 32.2. The number of carboxylic acid groups (broad SMARTS) is 1. The minimum atomic E-state index is -3.97. The number of hydrogen-bond donors (Lipinski definition) is 1. The van der Waals surface area contributed by atoms with Crippen molar-refractivity contribution in [2.75, 3.05) is 19.7 Å². The molecule has 1 fully saturated rings.